The van der Waals surface area contributed by atoms with E-state index < -0.39 is 29.3 Å². The Morgan fingerprint density at radius 2 is 1.36 bits per heavy atom. The summed E-state index contributed by atoms with van der Waals surface area (Å²) >= 11 is 0. The first-order valence-corrected chi connectivity index (χ1v) is 11.3. The highest BCUT2D eigenvalue weighted by Crippen LogP contribution is 2.28. The summed E-state index contributed by atoms with van der Waals surface area (Å²) in [6, 6.07) is 23.7. The minimum Gasteiger partial charge on any atom is -0.858 e. The third-order valence-electron chi connectivity index (χ3n) is 6.07. The van der Waals surface area contributed by atoms with Crippen molar-refractivity contribution in [3.63, 3.8) is 0 Å². The van der Waals surface area contributed by atoms with Crippen LogP contribution >= 0.6 is 0 Å². The van der Waals surface area contributed by atoms with Gasteiger partial charge < -0.3 is 5.11 Å². The topological polar surface area (TPSA) is 108 Å². The fourth-order valence-corrected chi connectivity index (χ4v) is 4.23. The zero-order valence-corrected chi connectivity index (χ0v) is 19.6. The first-order valence-electron chi connectivity index (χ1n) is 11.3. The van der Waals surface area contributed by atoms with Crippen LogP contribution in [0.15, 0.2) is 90.0 Å². The summed E-state index contributed by atoms with van der Waals surface area (Å²) in [5, 5.41) is 22.7. The van der Waals surface area contributed by atoms with Crippen LogP contribution in [0.1, 0.15) is 38.9 Å². The summed E-state index contributed by atoms with van der Waals surface area (Å²) in [6.07, 6.45) is 0. The van der Waals surface area contributed by atoms with Gasteiger partial charge in [-0.05, 0) is 38.1 Å². The highest BCUT2D eigenvalue weighted by atomic mass is 16.3. The van der Waals surface area contributed by atoms with Gasteiger partial charge in [-0.2, -0.15) is 15.2 Å². The number of ketones is 2. The number of aryl methyl sites for hydroxylation is 1. The van der Waals surface area contributed by atoms with E-state index in [1.54, 1.807) is 62.4 Å². The van der Waals surface area contributed by atoms with Gasteiger partial charge in [-0.25, -0.2) is 4.68 Å². The molecule has 0 aliphatic carbocycles. The molecule has 0 saturated heterocycles. The van der Waals surface area contributed by atoms with Gasteiger partial charge in [0.15, 0.2) is 11.6 Å². The molecule has 8 heteroatoms. The van der Waals surface area contributed by atoms with Gasteiger partial charge in [0.2, 0.25) is 0 Å². The van der Waals surface area contributed by atoms with Crippen LogP contribution in [-0.2, 0) is 4.79 Å². The van der Waals surface area contributed by atoms with Crippen LogP contribution in [-0.4, -0.2) is 33.0 Å². The molecule has 0 spiro atoms. The Labute approximate surface area is 207 Å². The van der Waals surface area contributed by atoms with Gasteiger partial charge in [-0.1, -0.05) is 60.7 Å². The molecule has 0 N–H and O–H groups in total. The number of benzene rings is 3. The molecule has 1 atom stereocenters. The number of carbonyl (C=O) groups excluding carboxylic acids is 3. The van der Waals surface area contributed by atoms with Crippen molar-refractivity contribution in [2.45, 2.75) is 13.8 Å². The van der Waals surface area contributed by atoms with E-state index in [1.165, 1.54) is 34.0 Å². The molecular formula is C28H21N4O4-. The molecule has 5 rings (SSSR count). The molecule has 4 aromatic rings. The standard InChI is InChI=1S/C28H22N4O4/c1-17-23(27(35)31(29-17)21-9-5-3-6-10-21)25(33)19-13-15-20(16-14-19)26(34)24-18(2)30-32(28(24)36)22-11-7-4-8-12-22/h3-16,23,36H,1-2H3/p-1. The quantitative estimate of drug-likeness (QED) is 0.311. The van der Waals surface area contributed by atoms with Crippen LogP contribution in [0.2, 0.25) is 0 Å². The zero-order chi connectivity index (χ0) is 25.4. The maximum absolute atomic E-state index is 13.2. The monoisotopic (exact) mass is 477 g/mol. The van der Waals surface area contributed by atoms with Crippen molar-refractivity contribution in [3.8, 4) is 11.6 Å². The van der Waals surface area contributed by atoms with E-state index >= 15 is 0 Å². The van der Waals surface area contributed by atoms with Gasteiger partial charge >= 0.3 is 0 Å². The lowest BCUT2D eigenvalue weighted by Gasteiger charge is -2.14. The number of hydrogen-bond acceptors (Lipinski definition) is 6. The molecule has 1 amide bonds. The molecule has 1 unspecified atom stereocenters. The Bertz CT molecular complexity index is 1510. The van der Waals surface area contributed by atoms with E-state index in [9.17, 15) is 19.5 Å². The number of rotatable bonds is 6. The third-order valence-corrected chi connectivity index (χ3v) is 6.07. The minimum absolute atomic E-state index is 0.0228. The number of amides is 1. The number of hydrogen-bond donors (Lipinski definition) is 0. The molecule has 178 valence electrons. The van der Waals surface area contributed by atoms with Crippen molar-refractivity contribution in [3.05, 3.63) is 107 Å². The van der Waals surface area contributed by atoms with Crippen molar-refractivity contribution in [2.75, 3.05) is 5.01 Å². The SMILES string of the molecule is CC1=NN(c2ccccc2)C(=O)C1C(=O)c1ccc(C(=O)c2c(C)nn(-c3ccccc3)c2[O-])cc1. The third kappa shape index (κ3) is 3.88. The van der Waals surface area contributed by atoms with Crippen LogP contribution < -0.4 is 10.1 Å². The van der Waals surface area contributed by atoms with Gasteiger partial charge in [-0.15, -0.1) is 0 Å². The van der Waals surface area contributed by atoms with E-state index in [0.29, 0.717) is 22.8 Å². The van der Waals surface area contributed by atoms with Crippen LogP contribution in [0.3, 0.4) is 0 Å². The van der Waals surface area contributed by atoms with Gasteiger partial charge in [0.05, 0.1) is 28.3 Å². The number of anilines is 1. The molecule has 36 heavy (non-hydrogen) atoms. The zero-order valence-electron chi connectivity index (χ0n) is 19.6. The highest BCUT2D eigenvalue weighted by Gasteiger charge is 2.40. The number of para-hydroxylation sites is 2. The average Bonchev–Trinajstić information content (AvgIpc) is 3.38. The van der Waals surface area contributed by atoms with Gasteiger partial charge in [0.1, 0.15) is 5.92 Å². The van der Waals surface area contributed by atoms with Crippen molar-refractivity contribution >= 4 is 28.9 Å². The summed E-state index contributed by atoms with van der Waals surface area (Å²) in [5.74, 6) is -2.86. The largest absolute Gasteiger partial charge is 0.858 e. The minimum atomic E-state index is -1.04. The predicted octanol–water partition coefficient (Wildman–Crippen LogP) is 3.71. The smallest absolute Gasteiger partial charge is 0.264 e. The lowest BCUT2D eigenvalue weighted by Crippen LogP contribution is -2.32. The van der Waals surface area contributed by atoms with Crippen molar-refractivity contribution in [1.82, 2.24) is 9.78 Å². The Morgan fingerprint density at radius 1 is 0.806 bits per heavy atom. The normalized spacial score (nSPS) is 15.2. The molecule has 1 aliphatic rings. The molecule has 1 aliphatic heterocycles. The predicted molar refractivity (Wildman–Crippen MR) is 132 cm³/mol. The van der Waals surface area contributed by atoms with E-state index in [0.717, 1.165) is 0 Å². The number of Topliss-reactive ketones (excluding diaryl/α,β-unsaturated/α-hetero) is 1. The molecule has 0 fully saturated rings. The van der Waals surface area contributed by atoms with E-state index in [2.05, 4.69) is 10.2 Å². The van der Waals surface area contributed by atoms with Crippen molar-refractivity contribution in [1.29, 1.82) is 0 Å². The molecule has 1 aromatic heterocycles. The van der Waals surface area contributed by atoms with Crippen LogP contribution in [0.4, 0.5) is 5.69 Å². The molecule has 8 nitrogen and oxygen atoms in total. The highest BCUT2D eigenvalue weighted by molar-refractivity contribution is 6.30. The maximum atomic E-state index is 13.2. The molecule has 3 aromatic carbocycles. The van der Waals surface area contributed by atoms with Gasteiger partial charge in [-0.3, -0.25) is 14.4 Å². The average molecular weight is 478 g/mol. The first-order chi connectivity index (χ1) is 17.4. The summed E-state index contributed by atoms with van der Waals surface area (Å²) in [4.78, 5) is 39.3. The summed E-state index contributed by atoms with van der Waals surface area (Å²) in [5.41, 5.74) is 2.35. The fraction of sp³-hybridized carbons (Fsp3) is 0.107. The first kappa shape index (κ1) is 22.9. The van der Waals surface area contributed by atoms with Crippen molar-refractivity contribution in [2.24, 2.45) is 11.0 Å². The summed E-state index contributed by atoms with van der Waals surface area (Å²) in [6.45, 7) is 3.25. The Morgan fingerprint density at radius 3 is 1.97 bits per heavy atom. The van der Waals surface area contributed by atoms with E-state index in [1.807, 2.05) is 12.1 Å². The van der Waals surface area contributed by atoms with Crippen LogP contribution in [0, 0.1) is 12.8 Å². The fourth-order valence-electron chi connectivity index (χ4n) is 4.23. The lowest BCUT2D eigenvalue weighted by molar-refractivity contribution is -0.278. The molecular weight excluding hydrogens is 456 g/mol. The summed E-state index contributed by atoms with van der Waals surface area (Å²) in [7, 11) is 0. The number of nitrogens with zero attached hydrogens (tertiary/aromatic N) is 4. The molecule has 2 heterocycles. The lowest BCUT2D eigenvalue weighted by atomic mass is 9.92. The van der Waals surface area contributed by atoms with E-state index in [-0.39, 0.29) is 16.7 Å². The Hall–Kier alpha value is -4.85. The van der Waals surface area contributed by atoms with Crippen molar-refractivity contribution < 1.29 is 19.5 Å². The second kappa shape index (κ2) is 9.07. The van der Waals surface area contributed by atoms with Crippen LogP contribution in [0.5, 0.6) is 5.88 Å². The van der Waals surface area contributed by atoms with E-state index in [4.69, 9.17) is 0 Å². The maximum Gasteiger partial charge on any atom is 0.264 e. The van der Waals surface area contributed by atoms with Gasteiger partial charge in [0.25, 0.3) is 5.91 Å². The summed E-state index contributed by atoms with van der Waals surface area (Å²) < 4.78 is 1.20. The Kier molecular flexibility index (Phi) is 5.77. The van der Waals surface area contributed by atoms with Gasteiger partial charge in [0, 0.05) is 17.0 Å². The van der Waals surface area contributed by atoms with Crippen LogP contribution in [0.25, 0.3) is 5.69 Å². The second-order valence-electron chi connectivity index (χ2n) is 8.44. The second-order valence-corrected chi connectivity index (χ2v) is 8.44. The number of aromatic nitrogens is 2. The number of carbonyl (C=O) groups is 3. The Balaban J connectivity index is 1.38. The molecule has 0 bridgehead atoms. The molecule has 0 radical (unpaired) electrons. The molecule has 0 saturated carbocycles. The number of hydrazone groups is 1.